The third kappa shape index (κ3) is 5.02. The number of amides is 2. The van der Waals surface area contributed by atoms with Crippen LogP contribution in [0, 0.1) is 0 Å². The van der Waals surface area contributed by atoms with Gasteiger partial charge in [0, 0.05) is 75.1 Å². The van der Waals surface area contributed by atoms with E-state index in [0.717, 1.165) is 36.4 Å². The highest BCUT2D eigenvalue weighted by Crippen LogP contribution is 2.46. The van der Waals surface area contributed by atoms with E-state index >= 15 is 0 Å². The topological polar surface area (TPSA) is 110 Å². The van der Waals surface area contributed by atoms with E-state index < -0.39 is 11.7 Å². The molecule has 1 saturated heterocycles. The molecule has 2 aromatic rings. The van der Waals surface area contributed by atoms with Crippen molar-refractivity contribution in [2.24, 2.45) is 10.7 Å². The Kier molecular flexibility index (Phi) is 7.43. The average molecular weight is 548 g/mol. The molecule has 0 atom stereocenters. The van der Waals surface area contributed by atoms with E-state index in [-0.39, 0.29) is 35.5 Å². The van der Waals surface area contributed by atoms with Crippen molar-refractivity contribution in [3.8, 4) is 5.75 Å². The lowest BCUT2D eigenvalue weighted by Gasteiger charge is -2.33. The van der Waals surface area contributed by atoms with Gasteiger partial charge >= 0.3 is 12.2 Å². The quantitative estimate of drug-likeness (QED) is 0.568. The molecular formula is C26H32F3N7O3. The van der Waals surface area contributed by atoms with Gasteiger partial charge in [0.2, 0.25) is 0 Å². The molecular weight excluding hydrogens is 515 g/mol. The van der Waals surface area contributed by atoms with Crippen LogP contribution in [0.25, 0.3) is 5.57 Å². The molecule has 0 aliphatic carbocycles. The zero-order valence-electron chi connectivity index (χ0n) is 21.9. The Hall–Kier alpha value is -3.74. The zero-order valence-corrected chi connectivity index (χ0v) is 21.9. The summed E-state index contributed by atoms with van der Waals surface area (Å²) in [4.78, 5) is 19.8. The van der Waals surface area contributed by atoms with Gasteiger partial charge in [-0.25, -0.2) is 4.79 Å². The number of nitrogens with zero attached hydrogens (tertiary/aromatic N) is 5. The molecule has 210 valence electrons. The smallest absolute Gasteiger partial charge is 0.417 e. The van der Waals surface area contributed by atoms with Crippen LogP contribution in [0.1, 0.15) is 41.3 Å². The van der Waals surface area contributed by atoms with Gasteiger partial charge in [-0.1, -0.05) is 0 Å². The number of benzene rings is 1. The molecule has 3 aliphatic rings. The SMILES string of the molecule is CN=CC(=CN)c1cc2c(cc1C(F)(F)F)N(c1nn(C3CCOCC3)c3c1CN(C(=O)NC)CC3)CCO2. The molecule has 13 heteroatoms. The summed E-state index contributed by atoms with van der Waals surface area (Å²) in [6.45, 7) is 2.62. The van der Waals surface area contributed by atoms with Crippen LogP contribution in [-0.2, 0) is 23.9 Å². The van der Waals surface area contributed by atoms with Crippen molar-refractivity contribution in [2.75, 3.05) is 51.9 Å². The first kappa shape index (κ1) is 26.9. The summed E-state index contributed by atoms with van der Waals surface area (Å²) in [6.07, 6.45) is -0.0820. The van der Waals surface area contributed by atoms with Gasteiger partial charge in [0.05, 0.1) is 30.4 Å². The summed E-state index contributed by atoms with van der Waals surface area (Å²) in [5, 5.41) is 7.66. The van der Waals surface area contributed by atoms with Gasteiger partial charge in [0.1, 0.15) is 12.4 Å². The molecule has 0 radical (unpaired) electrons. The van der Waals surface area contributed by atoms with E-state index in [4.69, 9.17) is 20.3 Å². The fourth-order valence-corrected chi connectivity index (χ4v) is 5.51. The second-order valence-corrected chi connectivity index (χ2v) is 9.64. The summed E-state index contributed by atoms with van der Waals surface area (Å²) in [5.74, 6) is 0.835. The minimum atomic E-state index is -4.65. The summed E-state index contributed by atoms with van der Waals surface area (Å²) in [6, 6.07) is 2.36. The summed E-state index contributed by atoms with van der Waals surface area (Å²) in [5.41, 5.74) is 6.94. The first-order valence-corrected chi connectivity index (χ1v) is 12.9. The molecule has 2 amide bonds. The van der Waals surface area contributed by atoms with Crippen LogP contribution in [0.4, 0.5) is 29.5 Å². The molecule has 0 unspecified atom stereocenters. The average Bonchev–Trinajstić information content (AvgIpc) is 3.33. The second-order valence-electron chi connectivity index (χ2n) is 9.64. The monoisotopic (exact) mass is 547 g/mol. The number of carbonyl (C=O) groups is 1. The van der Waals surface area contributed by atoms with Crippen LogP contribution in [0.15, 0.2) is 23.3 Å². The van der Waals surface area contributed by atoms with E-state index in [1.165, 1.54) is 19.3 Å². The minimum absolute atomic E-state index is 0.114. The number of anilines is 2. The lowest BCUT2D eigenvalue weighted by atomic mass is 9.97. The molecule has 3 aliphatic heterocycles. The highest BCUT2D eigenvalue weighted by Gasteiger charge is 2.39. The van der Waals surface area contributed by atoms with Gasteiger partial charge in [0.25, 0.3) is 0 Å². The fraction of sp³-hybridized carbons (Fsp3) is 0.500. The first-order chi connectivity index (χ1) is 18.8. The van der Waals surface area contributed by atoms with Crippen LogP contribution in [-0.4, -0.2) is 73.9 Å². The Morgan fingerprint density at radius 2 is 2.00 bits per heavy atom. The Bertz CT molecular complexity index is 1300. The van der Waals surface area contributed by atoms with E-state index in [1.54, 1.807) is 16.8 Å². The molecule has 0 spiro atoms. The maximum Gasteiger partial charge on any atom is 0.417 e. The number of allylic oxidation sites excluding steroid dienone is 1. The number of carbonyl (C=O) groups excluding carboxylic acids is 1. The number of nitrogens with one attached hydrogen (secondary N) is 1. The van der Waals surface area contributed by atoms with Gasteiger partial charge < -0.3 is 30.3 Å². The van der Waals surface area contributed by atoms with E-state index in [9.17, 15) is 18.0 Å². The fourth-order valence-electron chi connectivity index (χ4n) is 5.51. The Labute approximate surface area is 224 Å². The number of hydrogen-bond donors (Lipinski definition) is 2. The van der Waals surface area contributed by atoms with Crippen LogP contribution in [0.5, 0.6) is 5.75 Å². The third-order valence-electron chi connectivity index (χ3n) is 7.38. The summed E-state index contributed by atoms with van der Waals surface area (Å²) >= 11 is 0. The molecule has 1 fully saturated rings. The molecule has 1 aromatic carbocycles. The number of halogens is 3. The number of nitrogens with two attached hydrogens (primary N) is 1. The maximum atomic E-state index is 14.3. The number of aromatic nitrogens is 2. The second kappa shape index (κ2) is 10.8. The number of hydrogen-bond acceptors (Lipinski definition) is 7. The van der Waals surface area contributed by atoms with E-state index in [0.29, 0.717) is 50.8 Å². The number of urea groups is 1. The zero-order chi connectivity index (χ0) is 27.7. The molecule has 3 N–H and O–H groups in total. The van der Waals surface area contributed by atoms with Gasteiger partial charge in [0.15, 0.2) is 5.82 Å². The van der Waals surface area contributed by atoms with Crippen molar-refractivity contribution in [2.45, 2.75) is 38.0 Å². The lowest BCUT2D eigenvalue weighted by molar-refractivity contribution is -0.137. The van der Waals surface area contributed by atoms with E-state index in [2.05, 4.69) is 10.3 Å². The predicted molar refractivity (Wildman–Crippen MR) is 140 cm³/mol. The van der Waals surface area contributed by atoms with Gasteiger partial charge in [-0.2, -0.15) is 18.3 Å². The number of alkyl halides is 3. The Morgan fingerprint density at radius 3 is 2.67 bits per heavy atom. The largest absolute Gasteiger partial charge is 0.490 e. The molecule has 0 bridgehead atoms. The van der Waals surface area contributed by atoms with Crippen molar-refractivity contribution in [3.63, 3.8) is 0 Å². The highest BCUT2D eigenvalue weighted by molar-refractivity contribution is 6.10. The normalized spacial score (nSPS) is 18.6. The van der Waals surface area contributed by atoms with E-state index in [1.807, 2.05) is 4.68 Å². The van der Waals surface area contributed by atoms with Crippen molar-refractivity contribution in [3.05, 3.63) is 40.7 Å². The van der Waals surface area contributed by atoms with Crippen molar-refractivity contribution in [1.82, 2.24) is 20.0 Å². The molecule has 5 rings (SSSR count). The van der Waals surface area contributed by atoms with Crippen LogP contribution < -0.4 is 20.7 Å². The number of aliphatic imine (C=N–C) groups is 1. The Morgan fingerprint density at radius 1 is 1.23 bits per heavy atom. The van der Waals surface area contributed by atoms with Gasteiger partial charge in [-0.3, -0.25) is 9.67 Å². The van der Waals surface area contributed by atoms with Crippen molar-refractivity contribution in [1.29, 1.82) is 0 Å². The summed E-state index contributed by atoms with van der Waals surface area (Å²) < 4.78 is 56.4. The van der Waals surface area contributed by atoms with Crippen molar-refractivity contribution < 1.29 is 27.4 Å². The molecule has 39 heavy (non-hydrogen) atoms. The van der Waals surface area contributed by atoms with Gasteiger partial charge in [-0.15, -0.1) is 0 Å². The van der Waals surface area contributed by atoms with Gasteiger partial charge in [-0.05, 0) is 25.0 Å². The van der Waals surface area contributed by atoms with Crippen LogP contribution in [0.2, 0.25) is 0 Å². The molecule has 0 saturated carbocycles. The first-order valence-electron chi connectivity index (χ1n) is 12.9. The van der Waals surface area contributed by atoms with Crippen LogP contribution in [0.3, 0.4) is 0 Å². The van der Waals surface area contributed by atoms with Crippen LogP contribution >= 0.6 is 0 Å². The highest BCUT2D eigenvalue weighted by atomic mass is 19.4. The summed E-state index contributed by atoms with van der Waals surface area (Å²) in [7, 11) is 3.04. The standard InChI is InChI=1S/C26H32F3N7O3/c1-31-14-16(13-30)18-11-23-22(12-20(18)26(27,28)29)35(7-10-39-23)24-19-15-34(25(37)32-2)6-3-21(19)36(33-24)17-4-8-38-9-5-17/h11-14,17H,3-10,15,30H2,1-2H3,(H,32,37). The minimum Gasteiger partial charge on any atom is -0.490 e. The maximum absolute atomic E-state index is 14.3. The molecule has 10 nitrogen and oxygen atoms in total. The Balaban J connectivity index is 1.65. The molecule has 1 aromatic heterocycles. The number of fused-ring (bicyclic) bond motifs is 2. The third-order valence-corrected chi connectivity index (χ3v) is 7.38. The number of ether oxygens (including phenoxy) is 2. The lowest BCUT2D eigenvalue weighted by Crippen LogP contribution is -2.42. The molecule has 4 heterocycles. The number of rotatable bonds is 4. The predicted octanol–water partition coefficient (Wildman–Crippen LogP) is 3.48. The van der Waals surface area contributed by atoms with Crippen molar-refractivity contribution >= 4 is 29.3 Å².